The smallest absolute Gasteiger partial charge is 0.452 e. The van der Waals surface area contributed by atoms with Gasteiger partial charge < -0.3 is 20.1 Å². The van der Waals surface area contributed by atoms with E-state index in [2.05, 4.69) is 5.32 Å². The van der Waals surface area contributed by atoms with E-state index in [-0.39, 0.29) is 17.0 Å². The molecule has 0 saturated heterocycles. The molecule has 154 valence electrons. The number of ketones is 1. The van der Waals surface area contributed by atoms with Crippen LogP contribution in [0, 0.1) is 0 Å². The van der Waals surface area contributed by atoms with Gasteiger partial charge in [-0.3, -0.25) is 14.4 Å². The summed E-state index contributed by atoms with van der Waals surface area (Å²) in [6.07, 6.45) is -5.33. The number of benzene rings is 2. The number of rotatable bonds is 7. The second kappa shape index (κ2) is 9.09. The first-order valence-corrected chi connectivity index (χ1v) is 8.17. The summed E-state index contributed by atoms with van der Waals surface area (Å²) in [5.74, 6) is -4.23. The number of nitrogens with one attached hydrogen (secondary N) is 2. The van der Waals surface area contributed by atoms with Gasteiger partial charge in [0.05, 0.1) is 14.2 Å². The van der Waals surface area contributed by atoms with Crippen molar-refractivity contribution in [1.29, 1.82) is 0 Å². The Bertz CT molecular complexity index is 900. The summed E-state index contributed by atoms with van der Waals surface area (Å²) in [5, 5.41) is 4.00. The van der Waals surface area contributed by atoms with Crippen LogP contribution in [0.1, 0.15) is 10.4 Å². The molecule has 2 aromatic carbocycles. The topological polar surface area (TPSA) is 93.7 Å². The molecule has 2 N–H and O–H groups in total. The third kappa shape index (κ3) is 5.47. The van der Waals surface area contributed by atoms with Crippen LogP contribution in [0.15, 0.2) is 48.5 Å². The maximum absolute atomic E-state index is 13.0. The molecule has 10 heteroatoms. The first kappa shape index (κ1) is 21.7. The standard InChI is InChI=1S/C19H17F3N2O5/c1-28-13-9-8-12(10-14(13)29-2)23-18(27)15(16(25)19(20,21)22)24-17(26)11-6-4-3-5-7-11/h3-10,15H,1-2H3,(H,23,27)(H,24,26). The number of carbonyl (C=O) groups is 3. The number of hydrogen-bond acceptors (Lipinski definition) is 5. The number of amides is 2. The fraction of sp³-hybridized carbons (Fsp3) is 0.211. The molecule has 7 nitrogen and oxygen atoms in total. The summed E-state index contributed by atoms with van der Waals surface area (Å²) in [4.78, 5) is 36.3. The van der Waals surface area contributed by atoms with Crippen molar-refractivity contribution in [2.75, 3.05) is 19.5 Å². The van der Waals surface area contributed by atoms with E-state index in [1.54, 1.807) is 6.07 Å². The summed E-state index contributed by atoms with van der Waals surface area (Å²) in [6.45, 7) is 0. The molecule has 0 bridgehead atoms. The number of methoxy groups -OCH3 is 2. The number of carbonyl (C=O) groups excluding carboxylic acids is 3. The quantitative estimate of drug-likeness (QED) is 0.685. The third-order valence-electron chi connectivity index (χ3n) is 3.77. The Kier molecular flexibility index (Phi) is 6.81. The number of halogens is 3. The van der Waals surface area contributed by atoms with E-state index in [9.17, 15) is 27.6 Å². The number of hydrogen-bond donors (Lipinski definition) is 2. The van der Waals surface area contributed by atoms with Crippen molar-refractivity contribution in [1.82, 2.24) is 5.32 Å². The van der Waals surface area contributed by atoms with Crippen LogP contribution in [0.25, 0.3) is 0 Å². The average Bonchev–Trinajstić information content (AvgIpc) is 2.71. The normalized spacial score (nSPS) is 11.9. The van der Waals surface area contributed by atoms with E-state index in [4.69, 9.17) is 9.47 Å². The van der Waals surface area contributed by atoms with Gasteiger partial charge >= 0.3 is 6.18 Å². The number of ether oxygens (including phenoxy) is 2. The molecule has 0 fully saturated rings. The molecule has 0 aliphatic rings. The van der Waals surface area contributed by atoms with Crippen LogP contribution in [-0.2, 0) is 9.59 Å². The number of anilines is 1. The molecule has 2 aromatic rings. The van der Waals surface area contributed by atoms with Crippen LogP contribution in [0.4, 0.5) is 18.9 Å². The lowest BCUT2D eigenvalue weighted by Gasteiger charge is -2.19. The van der Waals surface area contributed by atoms with Gasteiger partial charge in [-0.1, -0.05) is 18.2 Å². The lowest BCUT2D eigenvalue weighted by atomic mass is 10.1. The molecule has 0 aromatic heterocycles. The summed E-state index contributed by atoms with van der Waals surface area (Å²) < 4.78 is 48.9. The van der Waals surface area contributed by atoms with Gasteiger partial charge in [-0.05, 0) is 24.3 Å². The molecule has 0 aliphatic carbocycles. The second-order valence-corrected chi connectivity index (χ2v) is 5.69. The van der Waals surface area contributed by atoms with Gasteiger partial charge in [-0.2, -0.15) is 13.2 Å². The molecule has 1 atom stereocenters. The molecule has 0 aliphatic heterocycles. The zero-order valence-corrected chi connectivity index (χ0v) is 15.4. The minimum Gasteiger partial charge on any atom is -0.493 e. The first-order chi connectivity index (χ1) is 13.7. The Morgan fingerprint density at radius 1 is 0.931 bits per heavy atom. The zero-order valence-electron chi connectivity index (χ0n) is 15.4. The predicted octanol–water partition coefficient (Wildman–Crippen LogP) is 2.57. The van der Waals surface area contributed by atoms with Gasteiger partial charge in [0.1, 0.15) is 0 Å². The van der Waals surface area contributed by atoms with Crippen molar-refractivity contribution in [2.24, 2.45) is 0 Å². The van der Waals surface area contributed by atoms with E-state index in [1.165, 1.54) is 56.7 Å². The molecule has 2 rings (SSSR count). The van der Waals surface area contributed by atoms with Crippen molar-refractivity contribution in [2.45, 2.75) is 12.2 Å². The largest absolute Gasteiger partial charge is 0.493 e. The average molecular weight is 410 g/mol. The van der Waals surface area contributed by atoms with Gasteiger partial charge in [0.25, 0.3) is 17.6 Å². The van der Waals surface area contributed by atoms with Gasteiger partial charge in [0.15, 0.2) is 17.5 Å². The van der Waals surface area contributed by atoms with Crippen LogP contribution in [0.5, 0.6) is 11.5 Å². The number of alkyl halides is 3. The minimum absolute atomic E-state index is 0.00797. The first-order valence-electron chi connectivity index (χ1n) is 8.17. The van der Waals surface area contributed by atoms with Crippen LogP contribution < -0.4 is 20.1 Å². The third-order valence-corrected chi connectivity index (χ3v) is 3.77. The monoisotopic (exact) mass is 410 g/mol. The SMILES string of the molecule is COc1ccc(NC(=O)C(NC(=O)c2ccccc2)C(=O)C(F)(F)F)cc1OC. The van der Waals surface area contributed by atoms with Crippen molar-refractivity contribution in [3.63, 3.8) is 0 Å². The van der Waals surface area contributed by atoms with Gasteiger partial charge in [0.2, 0.25) is 0 Å². The van der Waals surface area contributed by atoms with E-state index in [0.717, 1.165) is 0 Å². The minimum atomic E-state index is -5.33. The lowest BCUT2D eigenvalue weighted by Crippen LogP contribution is -2.53. The van der Waals surface area contributed by atoms with Gasteiger partial charge in [-0.25, -0.2) is 0 Å². The molecule has 0 heterocycles. The van der Waals surface area contributed by atoms with Crippen molar-refractivity contribution < 1.29 is 37.0 Å². The Hall–Kier alpha value is -3.56. The van der Waals surface area contributed by atoms with Crippen molar-refractivity contribution in [3.05, 3.63) is 54.1 Å². The van der Waals surface area contributed by atoms with Crippen LogP contribution in [-0.4, -0.2) is 44.0 Å². The van der Waals surface area contributed by atoms with Gasteiger partial charge in [-0.15, -0.1) is 0 Å². The van der Waals surface area contributed by atoms with E-state index < -0.39 is 29.8 Å². The van der Waals surface area contributed by atoms with Gasteiger partial charge in [0, 0.05) is 17.3 Å². The summed E-state index contributed by atoms with van der Waals surface area (Å²) in [6, 6.07) is 8.80. The highest BCUT2D eigenvalue weighted by Crippen LogP contribution is 2.30. The summed E-state index contributed by atoms with van der Waals surface area (Å²) in [7, 11) is 2.72. The van der Waals surface area contributed by atoms with Crippen LogP contribution >= 0.6 is 0 Å². The highest BCUT2D eigenvalue weighted by atomic mass is 19.4. The van der Waals surface area contributed by atoms with E-state index in [1.807, 2.05) is 5.32 Å². The zero-order chi connectivity index (χ0) is 21.6. The Morgan fingerprint density at radius 3 is 2.10 bits per heavy atom. The molecular formula is C19H17F3N2O5. The molecule has 0 spiro atoms. The fourth-order valence-electron chi connectivity index (χ4n) is 2.35. The van der Waals surface area contributed by atoms with Crippen molar-refractivity contribution in [3.8, 4) is 11.5 Å². The van der Waals surface area contributed by atoms with Crippen LogP contribution in [0.3, 0.4) is 0 Å². The molecule has 29 heavy (non-hydrogen) atoms. The molecule has 0 saturated carbocycles. The van der Waals surface area contributed by atoms with E-state index in [0.29, 0.717) is 5.75 Å². The fourth-order valence-corrected chi connectivity index (χ4v) is 2.35. The second-order valence-electron chi connectivity index (χ2n) is 5.69. The molecule has 2 amide bonds. The number of Topliss-reactive ketones (excluding diaryl/α,β-unsaturated/α-hetero) is 1. The van der Waals surface area contributed by atoms with Crippen LogP contribution in [0.2, 0.25) is 0 Å². The van der Waals surface area contributed by atoms with E-state index >= 15 is 0 Å². The molecule has 0 radical (unpaired) electrons. The summed E-state index contributed by atoms with van der Waals surface area (Å²) in [5.41, 5.74) is 0.0352. The summed E-state index contributed by atoms with van der Waals surface area (Å²) >= 11 is 0. The highest BCUT2D eigenvalue weighted by Gasteiger charge is 2.47. The highest BCUT2D eigenvalue weighted by molar-refractivity contribution is 6.15. The molecular weight excluding hydrogens is 393 g/mol. The lowest BCUT2D eigenvalue weighted by molar-refractivity contribution is -0.173. The Balaban J connectivity index is 2.27. The van der Waals surface area contributed by atoms with Crippen molar-refractivity contribution >= 4 is 23.3 Å². The maximum Gasteiger partial charge on any atom is 0.452 e. The maximum atomic E-state index is 13.0. The molecule has 1 unspecified atom stereocenters. The Morgan fingerprint density at radius 2 is 1.55 bits per heavy atom. The Labute approximate surface area is 163 Å². The predicted molar refractivity (Wildman–Crippen MR) is 96.9 cm³/mol.